The van der Waals surface area contributed by atoms with Gasteiger partial charge < -0.3 is 4.74 Å². The first kappa shape index (κ1) is 19.1. The fraction of sp³-hybridized carbons (Fsp3) is 0.0870. The summed E-state index contributed by atoms with van der Waals surface area (Å²) in [6.45, 7) is 0.153. The van der Waals surface area contributed by atoms with Crippen molar-refractivity contribution in [3.63, 3.8) is 0 Å². The number of halogens is 1. The Balaban J connectivity index is 1.75. The second-order valence-electron chi connectivity index (χ2n) is 6.40. The van der Waals surface area contributed by atoms with E-state index in [4.69, 9.17) is 4.74 Å². The Morgan fingerprint density at radius 2 is 1.59 bits per heavy atom. The Morgan fingerprint density at radius 3 is 2.17 bits per heavy atom. The number of hydrogen-bond acceptors (Lipinski definition) is 4. The van der Waals surface area contributed by atoms with Crippen molar-refractivity contribution in [3.8, 4) is 0 Å². The van der Waals surface area contributed by atoms with Gasteiger partial charge in [0.25, 0.3) is 5.91 Å². The quantitative estimate of drug-likeness (QED) is 0.420. The van der Waals surface area contributed by atoms with E-state index in [9.17, 15) is 9.18 Å². The minimum absolute atomic E-state index is 0.153. The number of thiophene rings is 1. The average Bonchev–Trinajstić information content (AvgIpc) is 3.13. The van der Waals surface area contributed by atoms with E-state index in [0.29, 0.717) is 20.5 Å². The molecule has 4 nitrogen and oxygen atoms in total. The Labute approximate surface area is 172 Å². The number of para-hydroxylation sites is 2. The van der Waals surface area contributed by atoms with Gasteiger partial charge in [0, 0.05) is 22.8 Å². The summed E-state index contributed by atoms with van der Waals surface area (Å²) in [5, 5.41) is 2.16. The zero-order valence-electron chi connectivity index (χ0n) is 15.8. The van der Waals surface area contributed by atoms with Crippen LogP contribution >= 0.6 is 11.3 Å². The standard InChI is InChI=1S/C23H19FN2O2S/c1-28-15-18-21-19(24)13-8-14-20(21)29-22(18)23(27)25-26(16-9-4-2-5-10-16)17-11-6-3-7-12-17/h2-14H,15H2,1H3,(H,25,27). The highest BCUT2D eigenvalue weighted by molar-refractivity contribution is 7.21. The molecule has 0 spiro atoms. The molecule has 1 heterocycles. The molecule has 0 aliphatic carbocycles. The molecule has 4 aromatic rings. The molecule has 0 saturated heterocycles. The molecule has 4 rings (SSSR count). The van der Waals surface area contributed by atoms with Crippen molar-refractivity contribution in [3.05, 3.63) is 95.1 Å². The summed E-state index contributed by atoms with van der Waals surface area (Å²) in [4.78, 5) is 13.7. The van der Waals surface area contributed by atoms with Gasteiger partial charge in [0.05, 0.1) is 18.0 Å². The van der Waals surface area contributed by atoms with Crippen LogP contribution in [0, 0.1) is 5.82 Å². The second kappa shape index (κ2) is 8.43. The number of hydrazine groups is 1. The van der Waals surface area contributed by atoms with Crippen LogP contribution < -0.4 is 10.4 Å². The van der Waals surface area contributed by atoms with E-state index >= 15 is 0 Å². The largest absolute Gasteiger partial charge is 0.380 e. The number of nitrogens with one attached hydrogen (secondary N) is 1. The smallest absolute Gasteiger partial charge is 0.280 e. The first-order chi connectivity index (χ1) is 14.2. The molecule has 1 amide bonds. The van der Waals surface area contributed by atoms with Gasteiger partial charge in [0.1, 0.15) is 10.7 Å². The van der Waals surface area contributed by atoms with Gasteiger partial charge in [-0.05, 0) is 36.4 Å². The maximum Gasteiger partial charge on any atom is 0.280 e. The molecule has 0 saturated carbocycles. The molecule has 1 aromatic heterocycles. The number of amides is 1. The number of carbonyl (C=O) groups is 1. The van der Waals surface area contributed by atoms with Crippen LogP contribution in [0.25, 0.3) is 10.1 Å². The Kier molecular flexibility index (Phi) is 5.55. The highest BCUT2D eigenvalue weighted by atomic mass is 32.1. The van der Waals surface area contributed by atoms with Crippen molar-refractivity contribution < 1.29 is 13.9 Å². The molecule has 0 fully saturated rings. The first-order valence-corrected chi connectivity index (χ1v) is 9.90. The summed E-state index contributed by atoms with van der Waals surface area (Å²) < 4.78 is 20.4. The summed E-state index contributed by atoms with van der Waals surface area (Å²) in [6, 6.07) is 24.0. The fourth-order valence-electron chi connectivity index (χ4n) is 3.22. The summed E-state index contributed by atoms with van der Waals surface area (Å²) >= 11 is 1.26. The molecule has 3 aromatic carbocycles. The van der Waals surface area contributed by atoms with Gasteiger partial charge in [-0.1, -0.05) is 42.5 Å². The Hall–Kier alpha value is -3.22. The van der Waals surface area contributed by atoms with Crippen molar-refractivity contribution in [1.29, 1.82) is 0 Å². The monoisotopic (exact) mass is 406 g/mol. The van der Waals surface area contributed by atoms with Crippen molar-refractivity contribution >= 4 is 38.7 Å². The number of rotatable bonds is 6. The van der Waals surface area contributed by atoms with Crippen LogP contribution in [0.4, 0.5) is 15.8 Å². The van der Waals surface area contributed by atoms with Gasteiger partial charge >= 0.3 is 0 Å². The minimum Gasteiger partial charge on any atom is -0.380 e. The number of benzene rings is 3. The molecule has 0 atom stereocenters. The molecule has 146 valence electrons. The number of hydrogen-bond donors (Lipinski definition) is 1. The summed E-state index contributed by atoms with van der Waals surface area (Å²) in [5.41, 5.74) is 5.16. The molecule has 0 radical (unpaired) electrons. The van der Waals surface area contributed by atoms with Crippen LogP contribution in [0.1, 0.15) is 15.2 Å². The zero-order valence-corrected chi connectivity index (χ0v) is 16.6. The summed E-state index contributed by atoms with van der Waals surface area (Å²) in [7, 11) is 1.53. The van der Waals surface area contributed by atoms with Crippen LogP contribution in [-0.4, -0.2) is 13.0 Å². The molecule has 0 unspecified atom stereocenters. The highest BCUT2D eigenvalue weighted by Gasteiger charge is 2.23. The number of ether oxygens (including phenoxy) is 1. The Morgan fingerprint density at radius 1 is 0.966 bits per heavy atom. The topological polar surface area (TPSA) is 41.6 Å². The molecular formula is C23H19FN2O2S. The van der Waals surface area contributed by atoms with E-state index in [1.807, 2.05) is 66.7 Å². The summed E-state index contributed by atoms with van der Waals surface area (Å²) in [6.07, 6.45) is 0. The predicted molar refractivity (Wildman–Crippen MR) is 115 cm³/mol. The lowest BCUT2D eigenvalue weighted by Crippen LogP contribution is -2.38. The van der Waals surface area contributed by atoms with E-state index < -0.39 is 0 Å². The first-order valence-electron chi connectivity index (χ1n) is 9.09. The third kappa shape index (κ3) is 3.85. The predicted octanol–water partition coefficient (Wildman–Crippen LogP) is 5.67. The SMILES string of the molecule is COCc1c(C(=O)NN(c2ccccc2)c2ccccc2)sc2cccc(F)c12. The van der Waals surface area contributed by atoms with Crippen LogP contribution in [0.5, 0.6) is 0 Å². The van der Waals surface area contributed by atoms with Crippen molar-refractivity contribution in [2.75, 3.05) is 12.1 Å². The Bertz CT molecular complexity index is 1090. The van der Waals surface area contributed by atoms with Gasteiger partial charge in [-0.25, -0.2) is 4.39 Å². The van der Waals surface area contributed by atoms with Crippen molar-refractivity contribution in [1.82, 2.24) is 5.43 Å². The van der Waals surface area contributed by atoms with Gasteiger partial charge in [-0.2, -0.15) is 0 Å². The van der Waals surface area contributed by atoms with E-state index in [2.05, 4.69) is 5.43 Å². The lowest BCUT2D eigenvalue weighted by Gasteiger charge is -2.25. The van der Waals surface area contributed by atoms with Gasteiger partial charge in [0.15, 0.2) is 0 Å². The molecule has 29 heavy (non-hydrogen) atoms. The van der Waals surface area contributed by atoms with Crippen molar-refractivity contribution in [2.45, 2.75) is 6.61 Å². The number of nitrogens with zero attached hydrogens (tertiary/aromatic N) is 1. The maximum atomic E-state index is 14.4. The molecule has 1 N–H and O–H groups in total. The van der Waals surface area contributed by atoms with Crippen LogP contribution in [0.2, 0.25) is 0 Å². The van der Waals surface area contributed by atoms with Gasteiger partial charge in [-0.15, -0.1) is 11.3 Å². The van der Waals surface area contributed by atoms with E-state index in [0.717, 1.165) is 11.4 Å². The van der Waals surface area contributed by atoms with E-state index in [1.54, 1.807) is 11.1 Å². The van der Waals surface area contributed by atoms with Crippen LogP contribution in [0.15, 0.2) is 78.9 Å². The number of fused-ring (bicyclic) bond motifs is 1. The second-order valence-corrected chi connectivity index (χ2v) is 7.46. The molecule has 0 bridgehead atoms. The number of methoxy groups -OCH3 is 1. The van der Waals surface area contributed by atoms with Gasteiger partial charge in [-0.3, -0.25) is 15.2 Å². The van der Waals surface area contributed by atoms with E-state index in [1.165, 1.54) is 24.5 Å². The normalized spacial score (nSPS) is 10.8. The highest BCUT2D eigenvalue weighted by Crippen LogP contribution is 2.34. The zero-order chi connectivity index (χ0) is 20.2. The fourth-order valence-corrected chi connectivity index (χ4v) is 4.33. The lowest BCUT2D eigenvalue weighted by atomic mass is 10.1. The lowest BCUT2D eigenvalue weighted by molar-refractivity contribution is 0.0953. The van der Waals surface area contributed by atoms with E-state index in [-0.39, 0.29) is 18.3 Å². The van der Waals surface area contributed by atoms with Gasteiger partial charge in [0.2, 0.25) is 0 Å². The van der Waals surface area contributed by atoms with Crippen LogP contribution in [0.3, 0.4) is 0 Å². The minimum atomic E-state index is -0.354. The average molecular weight is 406 g/mol. The third-order valence-corrected chi connectivity index (χ3v) is 5.70. The molecule has 6 heteroatoms. The number of anilines is 2. The van der Waals surface area contributed by atoms with Crippen LogP contribution in [-0.2, 0) is 11.3 Å². The third-order valence-electron chi connectivity index (χ3n) is 4.50. The van der Waals surface area contributed by atoms with Crippen molar-refractivity contribution in [2.24, 2.45) is 0 Å². The molecule has 0 aliphatic heterocycles. The molecular weight excluding hydrogens is 387 g/mol. The molecule has 0 aliphatic rings. The number of carbonyl (C=O) groups excluding carboxylic acids is 1. The maximum absolute atomic E-state index is 14.4. The summed E-state index contributed by atoms with van der Waals surface area (Å²) in [5.74, 6) is -0.668.